The second kappa shape index (κ2) is 8.32. The van der Waals surface area contributed by atoms with E-state index in [0.717, 1.165) is 43.7 Å². The van der Waals surface area contributed by atoms with Crippen LogP contribution in [-0.4, -0.2) is 44.0 Å². The van der Waals surface area contributed by atoms with E-state index in [0.29, 0.717) is 5.56 Å². The van der Waals surface area contributed by atoms with Crippen molar-refractivity contribution in [1.29, 1.82) is 0 Å². The van der Waals surface area contributed by atoms with E-state index in [4.69, 9.17) is 0 Å². The molecule has 1 amide bonds. The van der Waals surface area contributed by atoms with Crippen molar-refractivity contribution in [2.24, 2.45) is 0 Å². The Hall–Kier alpha value is -2.40. The fourth-order valence-corrected chi connectivity index (χ4v) is 3.28. The van der Waals surface area contributed by atoms with Gasteiger partial charge in [-0.2, -0.15) is 0 Å². The van der Waals surface area contributed by atoms with Crippen LogP contribution in [0.4, 0.5) is 10.1 Å². The standard InChI is InChI=1S/C21H26FN3O/c1-24(2)20-5-3-4-17(14-20)21(26)23-19-10-12-25(13-11-19)15-16-6-8-18(22)9-7-16/h3-9,14,19H,10-13,15H2,1-2H3,(H,23,26). The molecule has 4 nitrogen and oxygen atoms in total. The van der Waals surface area contributed by atoms with Gasteiger partial charge in [0.25, 0.3) is 5.91 Å². The highest BCUT2D eigenvalue weighted by molar-refractivity contribution is 5.95. The second-order valence-corrected chi connectivity index (χ2v) is 7.10. The normalized spacial score (nSPS) is 15.7. The number of benzene rings is 2. The first-order valence-corrected chi connectivity index (χ1v) is 9.06. The van der Waals surface area contributed by atoms with Gasteiger partial charge in [-0.05, 0) is 48.7 Å². The summed E-state index contributed by atoms with van der Waals surface area (Å²) < 4.78 is 13.0. The van der Waals surface area contributed by atoms with Crippen LogP contribution in [-0.2, 0) is 6.54 Å². The molecule has 1 aliphatic heterocycles. The van der Waals surface area contributed by atoms with Crippen LogP contribution in [0.25, 0.3) is 0 Å². The average molecular weight is 355 g/mol. The minimum atomic E-state index is -0.200. The number of likely N-dealkylation sites (tertiary alicyclic amines) is 1. The summed E-state index contributed by atoms with van der Waals surface area (Å²) in [5.74, 6) is -0.209. The van der Waals surface area contributed by atoms with E-state index in [9.17, 15) is 9.18 Å². The Balaban J connectivity index is 1.49. The maximum atomic E-state index is 13.0. The van der Waals surface area contributed by atoms with E-state index in [2.05, 4.69) is 10.2 Å². The van der Waals surface area contributed by atoms with Gasteiger partial charge in [0.05, 0.1) is 0 Å². The molecule has 1 heterocycles. The van der Waals surface area contributed by atoms with Gasteiger partial charge in [0, 0.05) is 51.0 Å². The highest BCUT2D eigenvalue weighted by Gasteiger charge is 2.21. The largest absolute Gasteiger partial charge is 0.378 e. The Bertz CT molecular complexity index is 737. The Morgan fingerprint density at radius 1 is 1.15 bits per heavy atom. The monoisotopic (exact) mass is 355 g/mol. The zero-order chi connectivity index (χ0) is 18.5. The highest BCUT2D eigenvalue weighted by Crippen LogP contribution is 2.17. The lowest BCUT2D eigenvalue weighted by molar-refractivity contribution is 0.0909. The third kappa shape index (κ3) is 4.82. The predicted molar refractivity (Wildman–Crippen MR) is 103 cm³/mol. The van der Waals surface area contributed by atoms with Crippen molar-refractivity contribution in [3.8, 4) is 0 Å². The third-order valence-electron chi connectivity index (χ3n) is 4.87. The number of carbonyl (C=O) groups excluding carboxylic acids is 1. The SMILES string of the molecule is CN(C)c1cccc(C(=O)NC2CCN(Cc3ccc(F)cc3)CC2)c1. The molecule has 0 unspecified atom stereocenters. The molecule has 0 atom stereocenters. The molecule has 1 N–H and O–H groups in total. The molecule has 0 aliphatic carbocycles. The van der Waals surface area contributed by atoms with Crippen LogP contribution < -0.4 is 10.2 Å². The Morgan fingerprint density at radius 2 is 1.85 bits per heavy atom. The lowest BCUT2D eigenvalue weighted by Crippen LogP contribution is -2.44. The van der Waals surface area contributed by atoms with Gasteiger partial charge in [-0.25, -0.2) is 4.39 Å². The number of anilines is 1. The van der Waals surface area contributed by atoms with Gasteiger partial charge in [-0.3, -0.25) is 9.69 Å². The van der Waals surface area contributed by atoms with Crippen molar-refractivity contribution in [2.45, 2.75) is 25.4 Å². The molecule has 138 valence electrons. The molecule has 1 saturated heterocycles. The molecule has 2 aromatic carbocycles. The summed E-state index contributed by atoms with van der Waals surface area (Å²) in [7, 11) is 3.93. The minimum absolute atomic E-state index is 0.00863. The number of rotatable bonds is 5. The van der Waals surface area contributed by atoms with Crippen molar-refractivity contribution in [3.63, 3.8) is 0 Å². The van der Waals surface area contributed by atoms with E-state index in [1.165, 1.54) is 12.1 Å². The molecular weight excluding hydrogens is 329 g/mol. The summed E-state index contributed by atoms with van der Waals surface area (Å²) in [5.41, 5.74) is 2.84. The van der Waals surface area contributed by atoms with Crippen LogP contribution in [0.1, 0.15) is 28.8 Å². The number of hydrogen-bond donors (Lipinski definition) is 1. The number of halogens is 1. The van der Waals surface area contributed by atoms with Gasteiger partial charge in [0.2, 0.25) is 0 Å². The maximum absolute atomic E-state index is 13.0. The van der Waals surface area contributed by atoms with Crippen LogP contribution in [0.3, 0.4) is 0 Å². The minimum Gasteiger partial charge on any atom is -0.378 e. The molecule has 3 rings (SSSR count). The molecule has 26 heavy (non-hydrogen) atoms. The molecule has 0 saturated carbocycles. The molecule has 5 heteroatoms. The van der Waals surface area contributed by atoms with E-state index >= 15 is 0 Å². The number of piperidine rings is 1. The summed E-state index contributed by atoms with van der Waals surface area (Å²) in [6, 6.07) is 14.6. The lowest BCUT2D eigenvalue weighted by Gasteiger charge is -2.32. The lowest BCUT2D eigenvalue weighted by atomic mass is 10.0. The van der Waals surface area contributed by atoms with Crippen LogP contribution in [0.5, 0.6) is 0 Å². The molecule has 1 fully saturated rings. The van der Waals surface area contributed by atoms with Gasteiger partial charge in [0.1, 0.15) is 5.82 Å². The van der Waals surface area contributed by atoms with Crippen LogP contribution >= 0.6 is 0 Å². The first-order valence-electron chi connectivity index (χ1n) is 9.06. The molecule has 0 aromatic heterocycles. The number of amides is 1. The Morgan fingerprint density at radius 3 is 2.50 bits per heavy atom. The van der Waals surface area contributed by atoms with Crippen LogP contribution in [0.15, 0.2) is 48.5 Å². The molecule has 0 radical (unpaired) electrons. The summed E-state index contributed by atoms with van der Waals surface area (Å²) in [6.45, 7) is 2.69. The average Bonchev–Trinajstić information content (AvgIpc) is 2.65. The number of hydrogen-bond acceptors (Lipinski definition) is 3. The molecule has 1 aliphatic rings. The highest BCUT2D eigenvalue weighted by atomic mass is 19.1. The van der Waals surface area contributed by atoms with Gasteiger partial charge in [-0.1, -0.05) is 18.2 Å². The van der Waals surface area contributed by atoms with Crippen molar-refractivity contribution in [1.82, 2.24) is 10.2 Å². The van der Waals surface area contributed by atoms with Crippen molar-refractivity contribution >= 4 is 11.6 Å². The second-order valence-electron chi connectivity index (χ2n) is 7.10. The number of nitrogens with one attached hydrogen (secondary N) is 1. The van der Waals surface area contributed by atoms with Gasteiger partial charge in [0.15, 0.2) is 0 Å². The fraction of sp³-hybridized carbons (Fsp3) is 0.381. The maximum Gasteiger partial charge on any atom is 0.251 e. The summed E-state index contributed by atoms with van der Waals surface area (Å²) in [6.07, 6.45) is 1.86. The first-order chi connectivity index (χ1) is 12.5. The van der Waals surface area contributed by atoms with Crippen LogP contribution in [0, 0.1) is 5.82 Å². The van der Waals surface area contributed by atoms with E-state index in [1.807, 2.05) is 55.4 Å². The van der Waals surface area contributed by atoms with Crippen molar-refractivity contribution in [3.05, 3.63) is 65.5 Å². The topological polar surface area (TPSA) is 35.6 Å². The molecule has 0 bridgehead atoms. The van der Waals surface area contributed by atoms with Gasteiger partial charge >= 0.3 is 0 Å². The van der Waals surface area contributed by atoms with Crippen molar-refractivity contribution < 1.29 is 9.18 Å². The Kier molecular flexibility index (Phi) is 5.89. The van der Waals surface area contributed by atoms with Crippen LogP contribution in [0.2, 0.25) is 0 Å². The third-order valence-corrected chi connectivity index (χ3v) is 4.87. The van der Waals surface area contributed by atoms with Gasteiger partial charge in [-0.15, -0.1) is 0 Å². The smallest absolute Gasteiger partial charge is 0.251 e. The van der Waals surface area contributed by atoms with Gasteiger partial charge < -0.3 is 10.2 Å². The zero-order valence-electron chi connectivity index (χ0n) is 15.4. The number of carbonyl (C=O) groups is 1. The summed E-state index contributed by atoms with van der Waals surface area (Å²) in [4.78, 5) is 16.9. The van der Waals surface area contributed by atoms with E-state index < -0.39 is 0 Å². The quantitative estimate of drug-likeness (QED) is 0.894. The molecule has 0 spiro atoms. The summed E-state index contributed by atoms with van der Waals surface area (Å²) >= 11 is 0. The zero-order valence-corrected chi connectivity index (χ0v) is 15.4. The summed E-state index contributed by atoms with van der Waals surface area (Å²) in [5, 5.41) is 3.16. The fourth-order valence-electron chi connectivity index (χ4n) is 3.28. The van der Waals surface area contributed by atoms with E-state index in [-0.39, 0.29) is 17.8 Å². The Labute approximate surface area is 154 Å². The molecule has 2 aromatic rings. The predicted octanol–water partition coefficient (Wildman–Crippen LogP) is 3.29. The first kappa shape index (κ1) is 18.4. The molecular formula is C21H26FN3O. The van der Waals surface area contributed by atoms with E-state index in [1.54, 1.807) is 0 Å². The number of nitrogens with zero attached hydrogens (tertiary/aromatic N) is 2. The van der Waals surface area contributed by atoms with Crippen molar-refractivity contribution in [2.75, 3.05) is 32.1 Å².